The zero-order valence-corrected chi connectivity index (χ0v) is 14.0. The number of benzene rings is 1. The number of carbonyl (C=O) groups excluding carboxylic acids is 1. The van der Waals surface area contributed by atoms with Gasteiger partial charge < -0.3 is 9.80 Å². The standard InChI is InChI=1S/C15H23BrN2O/c1-6-18(12(3)10-17(4)5)15(19)13-7-8-14(16)11(2)9-13/h7-9,12H,6,10H2,1-5H3. The zero-order chi connectivity index (χ0) is 14.6. The van der Waals surface area contributed by atoms with Crippen molar-refractivity contribution in [3.63, 3.8) is 0 Å². The molecule has 1 unspecified atom stereocenters. The van der Waals surface area contributed by atoms with Gasteiger partial charge in [-0.1, -0.05) is 15.9 Å². The molecule has 19 heavy (non-hydrogen) atoms. The first-order chi connectivity index (χ1) is 8.86. The predicted molar refractivity (Wildman–Crippen MR) is 83.6 cm³/mol. The van der Waals surface area contributed by atoms with Crippen molar-refractivity contribution < 1.29 is 4.79 Å². The summed E-state index contributed by atoms with van der Waals surface area (Å²) in [6.07, 6.45) is 0. The molecule has 0 heterocycles. The van der Waals surface area contributed by atoms with Crippen LogP contribution in [-0.2, 0) is 0 Å². The SMILES string of the molecule is CCN(C(=O)c1ccc(Br)c(C)c1)C(C)CN(C)C. The number of rotatable bonds is 5. The highest BCUT2D eigenvalue weighted by Crippen LogP contribution is 2.18. The fraction of sp³-hybridized carbons (Fsp3) is 0.533. The Balaban J connectivity index is 2.91. The number of amides is 1. The van der Waals surface area contributed by atoms with Crippen LogP contribution in [0, 0.1) is 6.92 Å². The average molecular weight is 327 g/mol. The molecule has 0 aliphatic heterocycles. The molecule has 1 rings (SSSR count). The Morgan fingerprint density at radius 3 is 2.47 bits per heavy atom. The molecule has 0 aliphatic carbocycles. The molecule has 1 atom stereocenters. The smallest absolute Gasteiger partial charge is 0.254 e. The van der Waals surface area contributed by atoms with Crippen molar-refractivity contribution in [2.75, 3.05) is 27.2 Å². The first-order valence-corrected chi connectivity index (χ1v) is 7.38. The molecule has 0 fully saturated rings. The van der Waals surface area contributed by atoms with Gasteiger partial charge in [0, 0.05) is 29.2 Å². The van der Waals surface area contributed by atoms with Gasteiger partial charge in [0.2, 0.25) is 0 Å². The lowest BCUT2D eigenvalue weighted by Gasteiger charge is -2.30. The molecule has 0 spiro atoms. The highest BCUT2D eigenvalue weighted by atomic mass is 79.9. The van der Waals surface area contributed by atoms with Crippen LogP contribution < -0.4 is 0 Å². The highest BCUT2D eigenvalue weighted by Gasteiger charge is 2.20. The summed E-state index contributed by atoms with van der Waals surface area (Å²) in [5, 5.41) is 0. The molecule has 0 saturated carbocycles. The van der Waals surface area contributed by atoms with E-state index in [9.17, 15) is 4.79 Å². The van der Waals surface area contributed by atoms with E-state index in [4.69, 9.17) is 0 Å². The molecular formula is C15H23BrN2O. The second-order valence-electron chi connectivity index (χ2n) is 5.17. The summed E-state index contributed by atoms with van der Waals surface area (Å²) in [6.45, 7) is 7.71. The molecule has 0 aliphatic rings. The number of aryl methyl sites for hydroxylation is 1. The maximum atomic E-state index is 12.6. The van der Waals surface area contributed by atoms with Crippen molar-refractivity contribution in [1.82, 2.24) is 9.80 Å². The van der Waals surface area contributed by atoms with Crippen LogP contribution in [0.15, 0.2) is 22.7 Å². The average Bonchev–Trinajstić information content (AvgIpc) is 2.32. The van der Waals surface area contributed by atoms with Crippen molar-refractivity contribution in [3.8, 4) is 0 Å². The highest BCUT2D eigenvalue weighted by molar-refractivity contribution is 9.10. The van der Waals surface area contributed by atoms with Crippen molar-refractivity contribution in [1.29, 1.82) is 0 Å². The van der Waals surface area contributed by atoms with E-state index in [0.717, 1.165) is 28.7 Å². The van der Waals surface area contributed by atoms with Crippen LogP contribution in [0.3, 0.4) is 0 Å². The Morgan fingerprint density at radius 1 is 1.37 bits per heavy atom. The summed E-state index contributed by atoms with van der Waals surface area (Å²) in [7, 11) is 4.05. The summed E-state index contributed by atoms with van der Waals surface area (Å²) >= 11 is 3.46. The maximum Gasteiger partial charge on any atom is 0.254 e. The van der Waals surface area contributed by atoms with Gasteiger partial charge in [-0.3, -0.25) is 4.79 Å². The number of hydrogen-bond acceptors (Lipinski definition) is 2. The Hall–Kier alpha value is -0.870. The van der Waals surface area contributed by atoms with E-state index in [2.05, 4.69) is 27.8 Å². The van der Waals surface area contributed by atoms with Gasteiger partial charge in [0.1, 0.15) is 0 Å². The summed E-state index contributed by atoms with van der Waals surface area (Å²) < 4.78 is 1.04. The molecule has 1 aromatic rings. The molecule has 0 bridgehead atoms. The molecule has 0 radical (unpaired) electrons. The monoisotopic (exact) mass is 326 g/mol. The largest absolute Gasteiger partial charge is 0.335 e. The zero-order valence-electron chi connectivity index (χ0n) is 12.4. The van der Waals surface area contributed by atoms with Gasteiger partial charge in [-0.25, -0.2) is 0 Å². The molecule has 3 nitrogen and oxygen atoms in total. The van der Waals surface area contributed by atoms with Crippen LogP contribution in [0.5, 0.6) is 0 Å². The minimum atomic E-state index is 0.104. The quantitative estimate of drug-likeness (QED) is 0.829. The molecule has 0 N–H and O–H groups in total. The first-order valence-electron chi connectivity index (χ1n) is 6.58. The van der Waals surface area contributed by atoms with E-state index in [1.807, 2.05) is 51.0 Å². The van der Waals surface area contributed by atoms with Crippen LogP contribution in [0.25, 0.3) is 0 Å². The van der Waals surface area contributed by atoms with Gasteiger partial charge in [-0.15, -0.1) is 0 Å². The number of halogens is 1. The van der Waals surface area contributed by atoms with Crippen LogP contribution in [0.2, 0.25) is 0 Å². The van der Waals surface area contributed by atoms with Gasteiger partial charge in [0.05, 0.1) is 0 Å². The van der Waals surface area contributed by atoms with Gasteiger partial charge in [0.15, 0.2) is 0 Å². The maximum absolute atomic E-state index is 12.6. The van der Waals surface area contributed by atoms with Crippen molar-refractivity contribution in [2.45, 2.75) is 26.8 Å². The van der Waals surface area contributed by atoms with E-state index in [-0.39, 0.29) is 11.9 Å². The lowest BCUT2D eigenvalue weighted by atomic mass is 10.1. The topological polar surface area (TPSA) is 23.6 Å². The van der Waals surface area contributed by atoms with E-state index in [1.54, 1.807) is 0 Å². The molecule has 0 aromatic heterocycles. The number of carbonyl (C=O) groups is 1. The summed E-state index contributed by atoms with van der Waals surface area (Å²) in [4.78, 5) is 16.6. The van der Waals surface area contributed by atoms with Crippen LogP contribution >= 0.6 is 15.9 Å². The van der Waals surface area contributed by atoms with Crippen LogP contribution in [0.4, 0.5) is 0 Å². The van der Waals surface area contributed by atoms with Crippen LogP contribution in [0.1, 0.15) is 29.8 Å². The minimum Gasteiger partial charge on any atom is -0.335 e. The first kappa shape index (κ1) is 16.2. The molecule has 106 valence electrons. The van der Waals surface area contributed by atoms with Gasteiger partial charge in [-0.2, -0.15) is 0 Å². The third kappa shape index (κ3) is 4.32. The van der Waals surface area contributed by atoms with E-state index in [1.165, 1.54) is 0 Å². The Morgan fingerprint density at radius 2 is 2.00 bits per heavy atom. The fourth-order valence-corrected chi connectivity index (χ4v) is 2.47. The molecule has 0 saturated heterocycles. The third-order valence-corrected chi connectivity index (χ3v) is 4.06. The number of nitrogens with zero attached hydrogens (tertiary/aromatic N) is 2. The van der Waals surface area contributed by atoms with E-state index in [0.29, 0.717) is 0 Å². The number of likely N-dealkylation sites (N-methyl/N-ethyl adjacent to an activating group) is 2. The number of hydrogen-bond donors (Lipinski definition) is 0. The van der Waals surface area contributed by atoms with E-state index >= 15 is 0 Å². The van der Waals surface area contributed by atoms with Gasteiger partial charge in [-0.05, 0) is 58.6 Å². The Bertz CT molecular complexity index is 446. The normalized spacial score (nSPS) is 12.6. The van der Waals surface area contributed by atoms with Crippen molar-refractivity contribution in [3.05, 3.63) is 33.8 Å². The summed E-state index contributed by atoms with van der Waals surface area (Å²) in [6, 6.07) is 5.96. The Kier molecular flexibility index (Phi) is 6.01. The summed E-state index contributed by atoms with van der Waals surface area (Å²) in [5.41, 5.74) is 1.84. The Labute approximate surface area is 124 Å². The molecule has 1 amide bonds. The minimum absolute atomic E-state index is 0.104. The van der Waals surface area contributed by atoms with Crippen molar-refractivity contribution in [2.24, 2.45) is 0 Å². The molecule has 4 heteroatoms. The second kappa shape index (κ2) is 7.06. The molecular weight excluding hydrogens is 304 g/mol. The van der Waals surface area contributed by atoms with Gasteiger partial charge in [0.25, 0.3) is 5.91 Å². The van der Waals surface area contributed by atoms with Crippen molar-refractivity contribution >= 4 is 21.8 Å². The van der Waals surface area contributed by atoms with E-state index < -0.39 is 0 Å². The lowest BCUT2D eigenvalue weighted by Crippen LogP contribution is -2.43. The van der Waals surface area contributed by atoms with Gasteiger partial charge >= 0.3 is 0 Å². The predicted octanol–water partition coefficient (Wildman–Crippen LogP) is 3.17. The lowest BCUT2D eigenvalue weighted by molar-refractivity contribution is 0.0679. The summed E-state index contributed by atoms with van der Waals surface area (Å²) in [5.74, 6) is 0.104. The van der Waals surface area contributed by atoms with Crippen LogP contribution in [-0.4, -0.2) is 48.9 Å². The molecule has 1 aromatic carbocycles. The second-order valence-corrected chi connectivity index (χ2v) is 6.02. The fourth-order valence-electron chi connectivity index (χ4n) is 2.23. The third-order valence-electron chi connectivity index (χ3n) is 3.17.